The van der Waals surface area contributed by atoms with Crippen LogP contribution in [0.1, 0.15) is 65.9 Å². The minimum absolute atomic E-state index is 0.0162. The van der Waals surface area contributed by atoms with E-state index in [-0.39, 0.29) is 59.7 Å². The molecule has 1 saturated carbocycles. The fraction of sp³-hybridized carbons (Fsp3) is 0.406. The largest absolute Gasteiger partial charge is 0.397 e. The summed E-state index contributed by atoms with van der Waals surface area (Å²) >= 11 is -0.603. The second-order valence-corrected chi connectivity index (χ2v) is 16.0. The van der Waals surface area contributed by atoms with E-state index >= 15 is 0 Å². The van der Waals surface area contributed by atoms with E-state index in [4.69, 9.17) is 16.2 Å². The molecule has 1 aliphatic rings. The summed E-state index contributed by atoms with van der Waals surface area (Å²) in [5, 5.41) is 5.87. The fourth-order valence-corrected chi connectivity index (χ4v) is 7.29. The summed E-state index contributed by atoms with van der Waals surface area (Å²) in [6.45, 7) is 5.93. The quantitative estimate of drug-likeness (QED) is 0.211. The molecule has 242 valence electrons. The van der Waals surface area contributed by atoms with Crippen LogP contribution in [0.4, 0.5) is 11.4 Å². The molecule has 0 radical (unpaired) electrons. The number of halogens is 1. The summed E-state index contributed by atoms with van der Waals surface area (Å²) in [5.41, 5.74) is 16.2. The number of benzene rings is 1. The van der Waals surface area contributed by atoms with Gasteiger partial charge >= 0.3 is 0 Å². The van der Waals surface area contributed by atoms with Crippen LogP contribution >= 0.6 is 20.7 Å². The van der Waals surface area contributed by atoms with Crippen LogP contribution in [0.15, 0.2) is 48.8 Å². The third kappa shape index (κ3) is 8.93. The Balaban J connectivity index is 1.56. The minimum atomic E-state index is -3.13. The van der Waals surface area contributed by atoms with Gasteiger partial charge in [-0.15, -0.1) is 0 Å². The van der Waals surface area contributed by atoms with Crippen LogP contribution in [-0.2, 0) is 14.6 Å². The number of hydrogen-bond acceptors (Lipinski definition) is 9. The summed E-state index contributed by atoms with van der Waals surface area (Å²) in [5.74, 6) is -0.655. The summed E-state index contributed by atoms with van der Waals surface area (Å²) in [6, 6.07) is 10.4. The zero-order chi connectivity index (χ0) is 32.9. The smallest absolute Gasteiger partial charge is 0.276 e. The summed E-state index contributed by atoms with van der Waals surface area (Å²) in [6.07, 6.45) is 5.51. The van der Waals surface area contributed by atoms with Gasteiger partial charge in [0.25, 0.3) is 11.8 Å². The molecule has 0 unspecified atom stereocenters. The zero-order valence-corrected chi connectivity index (χ0v) is 28.9. The number of aromatic nitrogens is 2. The molecule has 1 aliphatic carbocycles. The fourth-order valence-electron chi connectivity index (χ4n) is 5.61. The number of sulfone groups is 1. The number of nitrogen functional groups attached to an aromatic ring is 1. The van der Waals surface area contributed by atoms with E-state index in [1.807, 2.05) is 32.9 Å². The molecule has 0 bridgehead atoms. The van der Waals surface area contributed by atoms with Gasteiger partial charge in [0.2, 0.25) is 0 Å². The number of amides is 2. The van der Waals surface area contributed by atoms with E-state index < -0.39 is 36.5 Å². The first kappa shape index (κ1) is 34.6. The number of pyridine rings is 2. The predicted octanol–water partition coefficient (Wildman–Crippen LogP) is 3.96. The van der Waals surface area contributed by atoms with Gasteiger partial charge in [-0.1, -0.05) is 32.2 Å². The topological polar surface area (TPSA) is 179 Å². The number of nitrogens with zero attached hydrogens (tertiary/aromatic N) is 2. The summed E-state index contributed by atoms with van der Waals surface area (Å²) < 4.78 is 34.1. The highest BCUT2D eigenvalue weighted by Gasteiger charge is 2.36. The van der Waals surface area contributed by atoms with Gasteiger partial charge in [-0.3, -0.25) is 14.6 Å². The second kappa shape index (κ2) is 14.9. The van der Waals surface area contributed by atoms with Gasteiger partial charge in [0.05, 0.1) is 41.7 Å². The summed E-state index contributed by atoms with van der Waals surface area (Å²) in [4.78, 5) is 35.2. The Morgan fingerprint density at radius 2 is 1.91 bits per heavy atom. The van der Waals surface area contributed by atoms with Crippen molar-refractivity contribution in [2.75, 3.05) is 29.7 Å². The van der Waals surface area contributed by atoms with Gasteiger partial charge < -0.3 is 26.8 Å². The van der Waals surface area contributed by atoms with E-state index in [9.17, 15) is 18.0 Å². The number of anilines is 2. The normalized spacial score (nSPS) is 20.1. The molecule has 2 amide bonds. The van der Waals surface area contributed by atoms with Gasteiger partial charge in [-0.05, 0) is 80.5 Å². The molecular weight excluding hydrogens is 707 g/mol. The van der Waals surface area contributed by atoms with Crippen LogP contribution in [0.25, 0.3) is 11.3 Å². The molecule has 6 N–H and O–H groups in total. The molecule has 1 fully saturated rings. The van der Waals surface area contributed by atoms with Crippen molar-refractivity contribution < 1.29 is 22.7 Å². The van der Waals surface area contributed by atoms with E-state index in [0.717, 1.165) is 21.1 Å². The Morgan fingerprint density at radius 1 is 1.16 bits per heavy atom. The van der Waals surface area contributed by atoms with Crippen molar-refractivity contribution in [3.05, 3.63) is 69.2 Å². The maximum atomic E-state index is 13.6. The molecule has 2 aromatic heterocycles. The molecule has 0 aliphatic heterocycles. The lowest BCUT2D eigenvalue weighted by molar-refractivity contribution is -0.0152. The zero-order valence-electron chi connectivity index (χ0n) is 25.9. The van der Waals surface area contributed by atoms with Gasteiger partial charge in [0, 0.05) is 39.2 Å². The molecule has 4 rings (SSSR count). The maximum absolute atomic E-state index is 13.6. The highest BCUT2D eigenvalue weighted by atomic mass is 127. The molecule has 4 atom stereocenters. The molecular formula is C32H41IN6O5S. The van der Waals surface area contributed by atoms with Gasteiger partial charge in [0.15, 0.2) is 5.69 Å². The number of nitrogens with two attached hydrogens (primary N) is 2. The minimum Gasteiger partial charge on any atom is -0.397 e. The third-order valence-corrected chi connectivity index (χ3v) is 10.4. The number of hydrogen-bond donors (Lipinski definition) is 4. The van der Waals surface area contributed by atoms with Crippen molar-refractivity contribution in [2.45, 2.75) is 57.7 Å². The molecule has 45 heavy (non-hydrogen) atoms. The SMILES string of the molecule is C=Ic1ccc(C(=O)NC(C)C)cc1-c1ccc(N)c(C(=O)Nc2cnccc2[C@H]2C[C@@H](N)[C@@H](OCCS(C)(=O)=O)[C@@H](C)C2)n1. The average Bonchev–Trinajstić information content (AvgIpc) is 2.97. The van der Waals surface area contributed by atoms with Gasteiger partial charge in [-0.25, -0.2) is 13.4 Å². The van der Waals surface area contributed by atoms with E-state index in [2.05, 4.69) is 25.1 Å². The standard InChI is InChI=1S/C32H41IN6O5S/c1-18(2)37-31(40)20-6-7-24(33-4)23(15-20)27-9-8-25(34)29(38-27)32(41)39-28-17-36-11-10-22(28)21-14-19(3)30(26(35)16-21)44-12-13-45(5,42)43/h6-11,15,17-19,21,26,30H,4,12-14,16,34-35H2,1-3,5H3,(H,37,40)(H,39,41)/t19-,21+,26+,30-/m0/s1. The number of nitrogens with one attached hydrogen (secondary N) is 2. The van der Waals surface area contributed by atoms with Crippen LogP contribution in [0.5, 0.6) is 0 Å². The first-order chi connectivity index (χ1) is 21.3. The molecule has 0 spiro atoms. The molecule has 2 heterocycles. The highest BCUT2D eigenvalue weighted by Crippen LogP contribution is 2.40. The Kier molecular flexibility index (Phi) is 11.4. The van der Waals surface area contributed by atoms with Crippen molar-refractivity contribution in [3.8, 4) is 11.3 Å². The predicted molar refractivity (Wildman–Crippen MR) is 187 cm³/mol. The first-order valence-corrected chi connectivity index (χ1v) is 19.3. The number of carbonyl (C=O) groups excluding carboxylic acids is 2. The van der Waals surface area contributed by atoms with Crippen molar-refractivity contribution in [2.24, 2.45) is 11.7 Å². The lowest BCUT2D eigenvalue weighted by Gasteiger charge is -2.39. The number of ether oxygens (including phenoxy) is 1. The van der Waals surface area contributed by atoms with Crippen LogP contribution in [-0.4, -0.2) is 71.5 Å². The van der Waals surface area contributed by atoms with Crippen molar-refractivity contribution >= 4 is 58.3 Å². The lowest BCUT2D eigenvalue weighted by atomic mass is 9.74. The molecule has 13 heteroatoms. The monoisotopic (exact) mass is 748 g/mol. The van der Waals surface area contributed by atoms with Crippen LogP contribution in [0, 0.1) is 9.49 Å². The van der Waals surface area contributed by atoms with Gasteiger partial charge in [0.1, 0.15) is 9.84 Å². The second-order valence-electron chi connectivity index (χ2n) is 11.8. The Labute approximate surface area is 274 Å². The van der Waals surface area contributed by atoms with E-state index in [1.165, 1.54) is 6.26 Å². The first-order valence-electron chi connectivity index (χ1n) is 14.7. The van der Waals surface area contributed by atoms with Crippen molar-refractivity contribution in [1.82, 2.24) is 15.3 Å². The van der Waals surface area contributed by atoms with E-state index in [0.29, 0.717) is 23.4 Å². The average molecular weight is 749 g/mol. The number of rotatable bonds is 11. The Bertz CT molecular complexity index is 1670. The highest BCUT2D eigenvalue weighted by molar-refractivity contribution is 14.2. The lowest BCUT2D eigenvalue weighted by Crippen LogP contribution is -2.47. The third-order valence-electron chi connectivity index (χ3n) is 7.71. The molecule has 11 nitrogen and oxygen atoms in total. The Morgan fingerprint density at radius 3 is 2.58 bits per heavy atom. The summed E-state index contributed by atoms with van der Waals surface area (Å²) in [7, 11) is -3.13. The van der Waals surface area contributed by atoms with E-state index in [1.54, 1.807) is 36.7 Å². The molecule has 0 saturated heterocycles. The van der Waals surface area contributed by atoms with Crippen molar-refractivity contribution in [1.29, 1.82) is 0 Å². The van der Waals surface area contributed by atoms with Gasteiger partial charge in [-0.2, -0.15) is 0 Å². The van der Waals surface area contributed by atoms with Crippen LogP contribution in [0.3, 0.4) is 0 Å². The molecule has 1 aromatic carbocycles. The number of carbonyl (C=O) groups is 2. The Hall–Kier alpha value is -3.27. The molecule has 3 aromatic rings. The van der Waals surface area contributed by atoms with Crippen molar-refractivity contribution in [3.63, 3.8) is 0 Å². The maximum Gasteiger partial charge on any atom is 0.276 e. The van der Waals surface area contributed by atoms with Crippen LogP contribution < -0.4 is 22.1 Å². The van der Waals surface area contributed by atoms with Crippen LogP contribution in [0.2, 0.25) is 0 Å².